The highest BCUT2D eigenvalue weighted by Crippen LogP contribution is 2.21. The third-order valence-corrected chi connectivity index (χ3v) is 4.28. The van der Waals surface area contributed by atoms with Crippen LogP contribution >= 0.6 is 0 Å². The van der Waals surface area contributed by atoms with E-state index in [2.05, 4.69) is 15.0 Å². The van der Waals surface area contributed by atoms with Gasteiger partial charge in [0, 0.05) is 13.1 Å². The Bertz CT molecular complexity index is 722. The van der Waals surface area contributed by atoms with Gasteiger partial charge < -0.3 is 9.73 Å². The lowest BCUT2D eigenvalue weighted by Crippen LogP contribution is -2.13. The van der Waals surface area contributed by atoms with Crippen LogP contribution in [0.5, 0.6) is 0 Å². The normalized spacial score (nSPS) is 14.4. The van der Waals surface area contributed by atoms with Crippen molar-refractivity contribution >= 4 is 16.0 Å². The van der Waals surface area contributed by atoms with Gasteiger partial charge in [0.1, 0.15) is 6.26 Å². The molecule has 0 aliphatic carbocycles. The summed E-state index contributed by atoms with van der Waals surface area (Å²) in [5.74, 6) is 0. The van der Waals surface area contributed by atoms with Gasteiger partial charge in [-0.25, -0.2) is 13.1 Å². The molecule has 3 rings (SSSR count). The van der Waals surface area contributed by atoms with Crippen LogP contribution in [0.3, 0.4) is 0 Å². The van der Waals surface area contributed by atoms with E-state index in [-0.39, 0.29) is 10.9 Å². The summed E-state index contributed by atoms with van der Waals surface area (Å²) in [6.07, 6.45) is 1.39. The van der Waals surface area contributed by atoms with Gasteiger partial charge in [0.2, 0.25) is 0 Å². The molecule has 0 unspecified atom stereocenters. The molecule has 0 spiro atoms. The first-order chi connectivity index (χ1) is 9.04. The van der Waals surface area contributed by atoms with Crippen molar-refractivity contribution in [2.24, 2.45) is 0 Å². The summed E-state index contributed by atoms with van der Waals surface area (Å²) in [6, 6.07) is 5.07. The molecule has 1 aliphatic rings. The maximum Gasteiger partial charge on any atom is 0.309 e. The van der Waals surface area contributed by atoms with E-state index in [1.807, 2.05) is 6.07 Å². The van der Waals surface area contributed by atoms with Crippen molar-refractivity contribution in [1.29, 1.82) is 0 Å². The van der Waals surface area contributed by atoms with Gasteiger partial charge in [-0.2, -0.15) is 4.98 Å². The lowest BCUT2D eigenvalue weighted by Gasteiger charge is -2.06. The fourth-order valence-electron chi connectivity index (χ4n) is 2.01. The Kier molecular flexibility index (Phi) is 2.79. The Balaban J connectivity index is 1.92. The summed E-state index contributed by atoms with van der Waals surface area (Å²) in [7, 11) is -3.66. The maximum absolute atomic E-state index is 12.2. The van der Waals surface area contributed by atoms with Gasteiger partial charge in [-0.1, -0.05) is 6.07 Å². The standard InChI is InChI=1S/C12H13N3O3S/c1-8-7-18-12(14-8)15-19(16,17)11-3-2-9-5-13-6-10(9)4-11/h2-4,7,13H,5-6H2,1H3,(H,14,15). The molecule has 1 aromatic carbocycles. The van der Waals surface area contributed by atoms with Gasteiger partial charge in [-0.05, 0) is 30.2 Å². The zero-order valence-corrected chi connectivity index (χ0v) is 11.1. The Morgan fingerprint density at radius 1 is 1.32 bits per heavy atom. The number of hydrogen-bond donors (Lipinski definition) is 2. The van der Waals surface area contributed by atoms with Gasteiger partial charge in [0.15, 0.2) is 0 Å². The van der Waals surface area contributed by atoms with Crippen LogP contribution in [0.4, 0.5) is 6.01 Å². The minimum absolute atomic E-state index is 0.0175. The van der Waals surface area contributed by atoms with Gasteiger partial charge >= 0.3 is 6.01 Å². The molecule has 100 valence electrons. The fourth-order valence-corrected chi connectivity index (χ4v) is 3.00. The lowest BCUT2D eigenvalue weighted by molar-refractivity contribution is 0.569. The monoisotopic (exact) mass is 279 g/mol. The number of fused-ring (bicyclic) bond motifs is 1. The average molecular weight is 279 g/mol. The fraction of sp³-hybridized carbons (Fsp3) is 0.250. The molecule has 2 N–H and O–H groups in total. The molecule has 7 heteroatoms. The van der Waals surface area contributed by atoms with Crippen LogP contribution < -0.4 is 10.0 Å². The number of sulfonamides is 1. The number of benzene rings is 1. The Morgan fingerprint density at radius 2 is 2.11 bits per heavy atom. The number of hydrogen-bond acceptors (Lipinski definition) is 5. The third-order valence-electron chi connectivity index (χ3n) is 2.96. The highest BCUT2D eigenvalue weighted by atomic mass is 32.2. The molecule has 0 saturated heterocycles. The van der Waals surface area contributed by atoms with E-state index in [0.717, 1.165) is 17.7 Å². The van der Waals surface area contributed by atoms with Crippen molar-refractivity contribution in [1.82, 2.24) is 10.3 Å². The Labute approximate surface area is 110 Å². The van der Waals surface area contributed by atoms with E-state index in [1.165, 1.54) is 6.26 Å². The van der Waals surface area contributed by atoms with Gasteiger partial charge in [-0.15, -0.1) is 0 Å². The summed E-state index contributed by atoms with van der Waals surface area (Å²) in [5, 5.41) is 3.17. The number of nitrogens with one attached hydrogen (secondary N) is 2. The molecule has 0 saturated carbocycles. The van der Waals surface area contributed by atoms with Crippen LogP contribution in [-0.4, -0.2) is 13.4 Å². The second-order valence-corrected chi connectivity index (χ2v) is 6.12. The summed E-state index contributed by atoms with van der Waals surface area (Å²) < 4.78 is 31.7. The average Bonchev–Trinajstić information content (AvgIpc) is 2.96. The molecule has 0 amide bonds. The number of rotatable bonds is 3. The smallest absolute Gasteiger partial charge is 0.309 e. The van der Waals surface area contributed by atoms with Crippen LogP contribution in [0.2, 0.25) is 0 Å². The van der Waals surface area contributed by atoms with E-state index < -0.39 is 10.0 Å². The van der Waals surface area contributed by atoms with Crippen molar-refractivity contribution in [2.45, 2.75) is 24.9 Å². The van der Waals surface area contributed by atoms with Crippen LogP contribution in [0.1, 0.15) is 16.8 Å². The van der Waals surface area contributed by atoms with E-state index in [1.54, 1.807) is 19.1 Å². The molecule has 1 aromatic heterocycles. The zero-order chi connectivity index (χ0) is 13.5. The molecule has 1 aliphatic heterocycles. The Morgan fingerprint density at radius 3 is 2.84 bits per heavy atom. The number of aromatic nitrogens is 1. The molecular weight excluding hydrogens is 266 g/mol. The second kappa shape index (κ2) is 4.36. The number of oxazole rings is 1. The minimum atomic E-state index is -3.66. The molecule has 0 fully saturated rings. The predicted molar refractivity (Wildman–Crippen MR) is 69.0 cm³/mol. The number of nitrogens with zero attached hydrogens (tertiary/aromatic N) is 1. The van der Waals surface area contributed by atoms with E-state index in [4.69, 9.17) is 4.42 Å². The predicted octanol–water partition coefficient (Wildman–Crippen LogP) is 1.39. The topological polar surface area (TPSA) is 84.2 Å². The van der Waals surface area contributed by atoms with Crippen LogP contribution in [0.25, 0.3) is 0 Å². The summed E-state index contributed by atoms with van der Waals surface area (Å²) >= 11 is 0. The first-order valence-corrected chi connectivity index (χ1v) is 7.30. The Hall–Kier alpha value is -1.86. The molecular formula is C12H13N3O3S. The highest BCUT2D eigenvalue weighted by Gasteiger charge is 2.19. The first kappa shape index (κ1) is 12.2. The molecule has 6 nitrogen and oxygen atoms in total. The van der Waals surface area contributed by atoms with Gasteiger partial charge in [0.25, 0.3) is 10.0 Å². The number of anilines is 1. The van der Waals surface area contributed by atoms with Crippen molar-refractivity contribution < 1.29 is 12.8 Å². The molecule has 0 bridgehead atoms. The third kappa shape index (κ3) is 2.34. The molecule has 19 heavy (non-hydrogen) atoms. The van der Waals surface area contributed by atoms with Crippen molar-refractivity contribution in [3.63, 3.8) is 0 Å². The molecule has 0 atom stereocenters. The van der Waals surface area contributed by atoms with Gasteiger partial charge in [0.05, 0.1) is 10.6 Å². The van der Waals surface area contributed by atoms with Crippen LogP contribution in [-0.2, 0) is 23.1 Å². The van der Waals surface area contributed by atoms with Crippen molar-refractivity contribution in [2.75, 3.05) is 4.72 Å². The quantitative estimate of drug-likeness (QED) is 0.887. The highest BCUT2D eigenvalue weighted by molar-refractivity contribution is 7.92. The van der Waals surface area contributed by atoms with Gasteiger partial charge in [-0.3, -0.25) is 0 Å². The van der Waals surface area contributed by atoms with Crippen LogP contribution in [0.15, 0.2) is 33.8 Å². The van der Waals surface area contributed by atoms with Crippen molar-refractivity contribution in [3.05, 3.63) is 41.3 Å². The molecule has 2 aromatic rings. The maximum atomic E-state index is 12.2. The lowest BCUT2D eigenvalue weighted by atomic mass is 10.1. The van der Waals surface area contributed by atoms with E-state index >= 15 is 0 Å². The molecule has 0 radical (unpaired) electrons. The van der Waals surface area contributed by atoms with Crippen molar-refractivity contribution in [3.8, 4) is 0 Å². The number of aryl methyl sites for hydroxylation is 1. The zero-order valence-electron chi connectivity index (χ0n) is 10.3. The second-order valence-electron chi connectivity index (χ2n) is 4.43. The summed E-state index contributed by atoms with van der Waals surface area (Å²) in [5.41, 5.74) is 2.76. The SMILES string of the molecule is Cc1coc(NS(=O)(=O)c2ccc3c(c2)CNC3)n1. The van der Waals surface area contributed by atoms with E-state index in [0.29, 0.717) is 12.2 Å². The largest absolute Gasteiger partial charge is 0.431 e. The first-order valence-electron chi connectivity index (χ1n) is 5.82. The summed E-state index contributed by atoms with van der Waals surface area (Å²) in [6.45, 7) is 3.20. The van der Waals surface area contributed by atoms with E-state index in [9.17, 15) is 8.42 Å². The summed E-state index contributed by atoms with van der Waals surface area (Å²) in [4.78, 5) is 4.14. The van der Waals surface area contributed by atoms with Crippen LogP contribution in [0, 0.1) is 6.92 Å². The molecule has 2 heterocycles. The minimum Gasteiger partial charge on any atom is -0.431 e.